The van der Waals surface area contributed by atoms with Crippen LogP contribution in [0.25, 0.3) is 0 Å². The van der Waals surface area contributed by atoms with E-state index in [0.29, 0.717) is 13.1 Å². The van der Waals surface area contributed by atoms with Crippen LogP contribution in [0.4, 0.5) is 13.2 Å². The topological polar surface area (TPSA) is 46.3 Å². The smallest absolute Gasteiger partial charge is 0.339 e. The van der Waals surface area contributed by atoms with Gasteiger partial charge in [0.25, 0.3) is 0 Å². The van der Waals surface area contributed by atoms with Crippen molar-refractivity contribution in [3.63, 3.8) is 0 Å². The van der Waals surface area contributed by atoms with Crippen LogP contribution in [0.2, 0.25) is 0 Å². The van der Waals surface area contributed by atoms with Gasteiger partial charge in [0.1, 0.15) is 6.42 Å². The highest BCUT2D eigenvalue weighted by atomic mass is 19.4. The average molecular weight is 252 g/mol. The third-order valence-electron chi connectivity index (χ3n) is 3.33. The van der Waals surface area contributed by atoms with Gasteiger partial charge in [0.2, 0.25) is 5.91 Å². The molecule has 1 aliphatic carbocycles. The predicted molar refractivity (Wildman–Crippen MR) is 58.2 cm³/mol. The van der Waals surface area contributed by atoms with Crippen LogP contribution in [0.15, 0.2) is 0 Å². The maximum atomic E-state index is 12.2. The van der Waals surface area contributed by atoms with Crippen molar-refractivity contribution in [1.82, 2.24) is 4.90 Å². The lowest BCUT2D eigenvalue weighted by Gasteiger charge is -2.32. The monoisotopic (exact) mass is 252 g/mol. The third kappa shape index (κ3) is 3.87. The molecule has 1 fully saturated rings. The summed E-state index contributed by atoms with van der Waals surface area (Å²) in [7, 11) is 0. The fourth-order valence-electron chi connectivity index (χ4n) is 2.57. The molecule has 17 heavy (non-hydrogen) atoms. The first-order valence-electron chi connectivity index (χ1n) is 5.95. The SMILES string of the molecule is CCN(C(=O)CC(F)(F)F)C1CCCC1CN. The minimum atomic E-state index is -4.43. The number of rotatable bonds is 4. The van der Waals surface area contributed by atoms with Crippen LogP contribution >= 0.6 is 0 Å². The van der Waals surface area contributed by atoms with E-state index < -0.39 is 18.5 Å². The Hall–Kier alpha value is -0.780. The molecular formula is C11H19F3N2O. The van der Waals surface area contributed by atoms with Crippen LogP contribution in [-0.4, -0.2) is 36.1 Å². The summed E-state index contributed by atoms with van der Waals surface area (Å²) in [6.45, 7) is 2.46. The lowest BCUT2D eigenvalue weighted by molar-refractivity contribution is -0.163. The standard InChI is InChI=1S/C11H19F3N2O/c1-2-16(10(17)6-11(12,13)14)9-5-3-4-8(9)7-15/h8-9H,2-7,15H2,1H3. The summed E-state index contributed by atoms with van der Waals surface area (Å²) >= 11 is 0. The van der Waals surface area contributed by atoms with Crippen molar-refractivity contribution in [2.75, 3.05) is 13.1 Å². The predicted octanol–water partition coefficient (Wildman–Crippen LogP) is 1.91. The zero-order chi connectivity index (χ0) is 13.1. The number of hydrogen-bond donors (Lipinski definition) is 1. The summed E-state index contributed by atoms with van der Waals surface area (Å²) < 4.78 is 36.6. The number of hydrogen-bond acceptors (Lipinski definition) is 2. The van der Waals surface area contributed by atoms with Gasteiger partial charge in [-0.15, -0.1) is 0 Å². The highest BCUT2D eigenvalue weighted by molar-refractivity contribution is 5.77. The van der Waals surface area contributed by atoms with Crippen LogP contribution in [0, 0.1) is 5.92 Å². The van der Waals surface area contributed by atoms with Crippen LogP contribution in [0.3, 0.4) is 0 Å². The molecule has 2 unspecified atom stereocenters. The molecule has 0 aromatic rings. The van der Waals surface area contributed by atoms with Crippen LogP contribution in [0.1, 0.15) is 32.6 Å². The zero-order valence-electron chi connectivity index (χ0n) is 9.96. The Bertz CT molecular complexity index is 268. The molecule has 2 N–H and O–H groups in total. The minimum absolute atomic E-state index is 0.111. The van der Waals surface area contributed by atoms with Gasteiger partial charge in [0.05, 0.1) is 0 Å². The highest BCUT2D eigenvalue weighted by Gasteiger charge is 2.38. The maximum absolute atomic E-state index is 12.2. The molecule has 6 heteroatoms. The summed E-state index contributed by atoms with van der Waals surface area (Å²) in [6, 6.07) is -0.111. The largest absolute Gasteiger partial charge is 0.397 e. The molecule has 3 nitrogen and oxygen atoms in total. The molecule has 0 aliphatic heterocycles. The van der Waals surface area contributed by atoms with Crippen LogP contribution in [-0.2, 0) is 4.79 Å². The Morgan fingerprint density at radius 1 is 1.41 bits per heavy atom. The van der Waals surface area contributed by atoms with Crippen molar-refractivity contribution in [1.29, 1.82) is 0 Å². The van der Waals surface area contributed by atoms with E-state index in [4.69, 9.17) is 5.73 Å². The number of carbonyl (C=O) groups excluding carboxylic acids is 1. The van der Waals surface area contributed by atoms with Gasteiger partial charge in [-0.05, 0) is 32.2 Å². The number of carbonyl (C=O) groups is 1. The minimum Gasteiger partial charge on any atom is -0.339 e. The van der Waals surface area contributed by atoms with Crippen molar-refractivity contribution < 1.29 is 18.0 Å². The maximum Gasteiger partial charge on any atom is 0.397 e. The number of amides is 1. The van der Waals surface area contributed by atoms with E-state index in [1.54, 1.807) is 6.92 Å². The fraction of sp³-hybridized carbons (Fsp3) is 0.909. The Morgan fingerprint density at radius 2 is 2.06 bits per heavy atom. The summed E-state index contributed by atoms with van der Waals surface area (Å²) in [4.78, 5) is 12.9. The molecule has 0 bridgehead atoms. The molecular weight excluding hydrogens is 233 g/mol. The van der Waals surface area contributed by atoms with Gasteiger partial charge < -0.3 is 10.6 Å². The lowest BCUT2D eigenvalue weighted by Crippen LogP contribution is -2.45. The van der Waals surface area contributed by atoms with Crippen molar-refractivity contribution in [3.05, 3.63) is 0 Å². The van der Waals surface area contributed by atoms with E-state index in [9.17, 15) is 18.0 Å². The summed E-state index contributed by atoms with van der Waals surface area (Å²) in [5, 5.41) is 0. The molecule has 0 radical (unpaired) electrons. The zero-order valence-corrected chi connectivity index (χ0v) is 9.96. The van der Waals surface area contributed by atoms with E-state index >= 15 is 0 Å². The first-order valence-corrected chi connectivity index (χ1v) is 5.95. The van der Waals surface area contributed by atoms with Crippen LogP contribution < -0.4 is 5.73 Å². The van der Waals surface area contributed by atoms with Gasteiger partial charge in [-0.1, -0.05) is 6.42 Å². The molecule has 0 heterocycles. The quantitative estimate of drug-likeness (QED) is 0.830. The number of nitrogens with two attached hydrogens (primary N) is 1. The lowest BCUT2D eigenvalue weighted by atomic mass is 10.0. The Labute approximate surface area is 99.1 Å². The first kappa shape index (κ1) is 14.3. The molecule has 100 valence electrons. The second-order valence-corrected chi connectivity index (χ2v) is 4.47. The van der Waals surface area contributed by atoms with E-state index in [2.05, 4.69) is 0 Å². The summed E-state index contributed by atoms with van der Waals surface area (Å²) in [5.74, 6) is -0.683. The van der Waals surface area contributed by atoms with Gasteiger partial charge >= 0.3 is 6.18 Å². The van der Waals surface area contributed by atoms with E-state index in [0.717, 1.165) is 19.3 Å². The Balaban J connectivity index is 2.67. The van der Waals surface area contributed by atoms with E-state index in [1.165, 1.54) is 4.90 Å². The number of halogens is 3. The molecule has 0 aromatic carbocycles. The normalized spacial score (nSPS) is 25.0. The fourth-order valence-corrected chi connectivity index (χ4v) is 2.57. The summed E-state index contributed by atoms with van der Waals surface area (Å²) in [5.41, 5.74) is 5.58. The molecule has 1 amide bonds. The van der Waals surface area contributed by atoms with Crippen molar-refractivity contribution in [3.8, 4) is 0 Å². The second kappa shape index (κ2) is 5.71. The van der Waals surface area contributed by atoms with Gasteiger partial charge in [0.15, 0.2) is 0 Å². The van der Waals surface area contributed by atoms with Crippen molar-refractivity contribution >= 4 is 5.91 Å². The van der Waals surface area contributed by atoms with Gasteiger partial charge in [-0.2, -0.15) is 13.2 Å². The highest BCUT2D eigenvalue weighted by Crippen LogP contribution is 2.31. The third-order valence-corrected chi connectivity index (χ3v) is 3.33. The van der Waals surface area contributed by atoms with E-state index in [1.807, 2.05) is 0 Å². The second-order valence-electron chi connectivity index (χ2n) is 4.47. The van der Waals surface area contributed by atoms with Crippen LogP contribution in [0.5, 0.6) is 0 Å². The molecule has 1 saturated carbocycles. The van der Waals surface area contributed by atoms with E-state index in [-0.39, 0.29) is 12.0 Å². The van der Waals surface area contributed by atoms with Gasteiger partial charge in [-0.3, -0.25) is 4.79 Å². The van der Waals surface area contributed by atoms with Gasteiger partial charge in [0, 0.05) is 12.6 Å². The number of nitrogens with zero attached hydrogens (tertiary/aromatic N) is 1. The molecule has 0 spiro atoms. The molecule has 0 aromatic heterocycles. The Morgan fingerprint density at radius 3 is 2.53 bits per heavy atom. The Kier molecular flexibility index (Phi) is 4.80. The summed E-state index contributed by atoms with van der Waals surface area (Å²) in [6.07, 6.45) is -3.20. The molecule has 1 rings (SSSR count). The molecule has 0 saturated heterocycles. The number of alkyl halides is 3. The first-order chi connectivity index (χ1) is 7.89. The molecule has 2 atom stereocenters. The molecule has 1 aliphatic rings. The average Bonchev–Trinajstić information content (AvgIpc) is 2.64. The van der Waals surface area contributed by atoms with Crippen molar-refractivity contribution in [2.24, 2.45) is 11.7 Å². The van der Waals surface area contributed by atoms with Crippen molar-refractivity contribution in [2.45, 2.75) is 44.8 Å². The van der Waals surface area contributed by atoms with Gasteiger partial charge in [-0.25, -0.2) is 0 Å².